The maximum absolute atomic E-state index is 6.30. The lowest BCUT2D eigenvalue weighted by Crippen LogP contribution is -2.23. The Hall–Kier alpha value is -3.53. The zero-order chi connectivity index (χ0) is 19.1. The van der Waals surface area contributed by atoms with Gasteiger partial charge in [0.15, 0.2) is 0 Å². The molecule has 0 radical (unpaired) electrons. The Kier molecular flexibility index (Phi) is 3.90. The summed E-state index contributed by atoms with van der Waals surface area (Å²) in [4.78, 5) is 6.33. The number of rotatable bonds is 3. The van der Waals surface area contributed by atoms with Crippen molar-refractivity contribution in [2.75, 3.05) is 18.5 Å². The highest BCUT2D eigenvalue weighted by Gasteiger charge is 2.19. The lowest BCUT2D eigenvalue weighted by Gasteiger charge is -2.27. The molecule has 0 saturated heterocycles. The minimum absolute atomic E-state index is 0.776. The molecule has 0 saturated carbocycles. The van der Waals surface area contributed by atoms with Gasteiger partial charge in [0, 0.05) is 48.7 Å². The van der Waals surface area contributed by atoms with Gasteiger partial charge in [-0.25, -0.2) is 0 Å². The van der Waals surface area contributed by atoms with Crippen LogP contribution < -0.4 is 9.64 Å². The van der Waals surface area contributed by atoms with Crippen LogP contribution in [0.2, 0.25) is 0 Å². The number of aromatic nitrogens is 1. The lowest BCUT2D eigenvalue weighted by molar-refractivity contribution is 0.509. The van der Waals surface area contributed by atoms with Crippen LogP contribution in [0.15, 0.2) is 77.5 Å². The van der Waals surface area contributed by atoms with Crippen molar-refractivity contribution in [1.82, 2.24) is 4.98 Å². The Balaban J connectivity index is 1.53. The molecule has 5 rings (SSSR count). The van der Waals surface area contributed by atoms with Gasteiger partial charge in [-0.15, -0.1) is 0 Å². The number of likely N-dealkylation sites (N-methyl/N-ethyl adjacent to an activating group) is 1. The number of nitrogens with zero attached hydrogens (tertiary/aromatic N) is 2. The monoisotopic (exact) mass is 368 g/mol. The van der Waals surface area contributed by atoms with Crippen molar-refractivity contribution in [2.24, 2.45) is 0 Å². The molecule has 0 aliphatic carbocycles. The number of aryl methyl sites for hydroxylation is 1. The molecule has 28 heavy (non-hydrogen) atoms. The van der Waals surface area contributed by atoms with E-state index in [1.165, 1.54) is 0 Å². The first-order valence-corrected chi connectivity index (χ1v) is 9.31. The summed E-state index contributed by atoms with van der Waals surface area (Å²) >= 11 is 0. The minimum atomic E-state index is 0.776. The van der Waals surface area contributed by atoms with Crippen molar-refractivity contribution in [1.29, 1.82) is 0 Å². The number of furan rings is 1. The molecule has 2 aromatic carbocycles. The number of hydrogen-bond acceptors (Lipinski definition) is 4. The zero-order valence-corrected chi connectivity index (χ0v) is 15.8. The first-order chi connectivity index (χ1) is 13.7. The first kappa shape index (κ1) is 16.6. The third-order valence-electron chi connectivity index (χ3n) is 5.08. The quantitative estimate of drug-likeness (QED) is 0.467. The molecule has 1 aliphatic rings. The van der Waals surface area contributed by atoms with Crippen molar-refractivity contribution in [2.45, 2.75) is 6.92 Å². The summed E-state index contributed by atoms with van der Waals surface area (Å²) in [5, 5.41) is 1.09. The molecule has 0 fully saturated rings. The summed E-state index contributed by atoms with van der Waals surface area (Å²) in [5.41, 5.74) is 5.36. The van der Waals surface area contributed by atoms with Crippen LogP contribution in [0.25, 0.3) is 27.9 Å². The topological polar surface area (TPSA) is 38.5 Å². The van der Waals surface area contributed by atoms with E-state index in [4.69, 9.17) is 9.15 Å². The van der Waals surface area contributed by atoms with Crippen molar-refractivity contribution < 1.29 is 9.15 Å². The Bertz CT molecular complexity index is 1190. The van der Waals surface area contributed by atoms with Crippen LogP contribution in [0.3, 0.4) is 0 Å². The summed E-state index contributed by atoms with van der Waals surface area (Å²) < 4.78 is 12.0. The van der Waals surface area contributed by atoms with Crippen molar-refractivity contribution in [3.63, 3.8) is 0 Å². The van der Waals surface area contributed by atoms with Crippen LogP contribution in [0.4, 0.5) is 5.69 Å². The van der Waals surface area contributed by atoms with Gasteiger partial charge in [-0.1, -0.05) is 6.07 Å². The summed E-state index contributed by atoms with van der Waals surface area (Å²) in [7, 11) is 2.09. The number of pyridine rings is 1. The molecule has 4 heteroatoms. The smallest absolute Gasteiger partial charge is 0.137 e. The molecule has 3 heterocycles. The van der Waals surface area contributed by atoms with Gasteiger partial charge in [-0.2, -0.15) is 0 Å². The third kappa shape index (κ3) is 2.93. The van der Waals surface area contributed by atoms with E-state index < -0.39 is 0 Å². The molecule has 1 aliphatic heterocycles. The molecule has 0 N–H and O–H groups in total. The number of benzene rings is 2. The van der Waals surface area contributed by atoms with Gasteiger partial charge in [0.05, 0.1) is 0 Å². The summed E-state index contributed by atoms with van der Waals surface area (Å²) in [6.45, 7) is 2.76. The van der Waals surface area contributed by atoms with Crippen LogP contribution in [0.1, 0.15) is 11.3 Å². The van der Waals surface area contributed by atoms with Crippen LogP contribution in [0, 0.1) is 6.92 Å². The highest BCUT2D eigenvalue weighted by atomic mass is 16.5. The standard InChI is InChI=1S/C24H20N2O2/c1-16-13-19-3-5-20(15-24(19)27-16)28-23-9-12-26(2)22-6-4-18(14-21(22)23)17-7-10-25-11-8-17/h3-11,13-15H,12H2,1-2H3. The Morgan fingerprint density at radius 1 is 0.964 bits per heavy atom. The number of ether oxygens (including phenoxy) is 1. The molecule has 0 amide bonds. The summed E-state index contributed by atoms with van der Waals surface area (Å²) in [6, 6.07) is 18.5. The van der Waals surface area contributed by atoms with E-state index in [0.717, 1.165) is 57.2 Å². The van der Waals surface area contributed by atoms with E-state index in [0.29, 0.717) is 0 Å². The van der Waals surface area contributed by atoms with E-state index in [1.54, 1.807) is 0 Å². The lowest BCUT2D eigenvalue weighted by atomic mass is 9.99. The number of hydrogen-bond donors (Lipinski definition) is 0. The second-order valence-electron chi connectivity index (χ2n) is 7.08. The second kappa shape index (κ2) is 6.57. The van der Waals surface area contributed by atoms with Crippen molar-refractivity contribution in [3.8, 4) is 16.9 Å². The average molecular weight is 368 g/mol. The Morgan fingerprint density at radius 2 is 1.82 bits per heavy atom. The van der Waals surface area contributed by atoms with E-state index in [-0.39, 0.29) is 0 Å². The molecule has 0 bridgehead atoms. The van der Waals surface area contributed by atoms with Crippen LogP contribution >= 0.6 is 0 Å². The molecule has 4 nitrogen and oxygen atoms in total. The predicted octanol–water partition coefficient (Wildman–Crippen LogP) is 5.67. The average Bonchev–Trinajstić information content (AvgIpc) is 3.10. The molecule has 0 unspecified atom stereocenters. The molecule has 138 valence electrons. The minimum Gasteiger partial charge on any atom is -0.461 e. The molecule has 0 atom stereocenters. The van der Waals surface area contributed by atoms with Crippen molar-refractivity contribution in [3.05, 3.63) is 84.4 Å². The van der Waals surface area contributed by atoms with Gasteiger partial charge < -0.3 is 14.1 Å². The largest absolute Gasteiger partial charge is 0.461 e. The first-order valence-electron chi connectivity index (χ1n) is 9.31. The molecular formula is C24H20N2O2. The third-order valence-corrected chi connectivity index (χ3v) is 5.08. The molecule has 2 aromatic heterocycles. The highest BCUT2D eigenvalue weighted by molar-refractivity contribution is 5.83. The Labute approximate surface area is 163 Å². The van der Waals surface area contributed by atoms with Gasteiger partial charge in [0.1, 0.15) is 22.9 Å². The molecular weight excluding hydrogens is 348 g/mol. The number of fused-ring (bicyclic) bond motifs is 2. The Morgan fingerprint density at radius 3 is 2.68 bits per heavy atom. The van der Waals surface area contributed by atoms with E-state index in [1.807, 2.05) is 55.7 Å². The normalized spacial score (nSPS) is 13.4. The van der Waals surface area contributed by atoms with Crippen LogP contribution in [-0.2, 0) is 0 Å². The van der Waals surface area contributed by atoms with E-state index in [2.05, 4.69) is 41.2 Å². The summed E-state index contributed by atoms with van der Waals surface area (Å²) in [6.07, 6.45) is 5.75. The fraction of sp³-hybridized carbons (Fsp3) is 0.125. The second-order valence-corrected chi connectivity index (χ2v) is 7.08. The SMILES string of the molecule is Cc1cc2ccc(OC3=CCN(C)c4ccc(-c5ccncc5)cc43)cc2o1. The van der Waals surface area contributed by atoms with Gasteiger partial charge in [0.25, 0.3) is 0 Å². The fourth-order valence-corrected chi connectivity index (χ4v) is 3.65. The van der Waals surface area contributed by atoms with Gasteiger partial charge in [-0.05, 0) is 66.6 Å². The van der Waals surface area contributed by atoms with Gasteiger partial charge >= 0.3 is 0 Å². The maximum atomic E-state index is 6.30. The number of anilines is 1. The highest BCUT2D eigenvalue weighted by Crippen LogP contribution is 2.36. The van der Waals surface area contributed by atoms with Crippen LogP contribution in [-0.4, -0.2) is 18.6 Å². The van der Waals surface area contributed by atoms with Crippen molar-refractivity contribution >= 4 is 22.4 Å². The predicted molar refractivity (Wildman–Crippen MR) is 112 cm³/mol. The molecule has 4 aromatic rings. The van der Waals surface area contributed by atoms with Gasteiger partial charge in [0.2, 0.25) is 0 Å². The van der Waals surface area contributed by atoms with Crippen LogP contribution in [0.5, 0.6) is 5.75 Å². The molecule has 0 spiro atoms. The fourth-order valence-electron chi connectivity index (χ4n) is 3.65. The summed E-state index contributed by atoms with van der Waals surface area (Å²) in [5.74, 6) is 2.54. The maximum Gasteiger partial charge on any atom is 0.137 e. The van der Waals surface area contributed by atoms with Gasteiger partial charge in [-0.3, -0.25) is 4.98 Å². The van der Waals surface area contributed by atoms with E-state index >= 15 is 0 Å². The zero-order valence-electron chi connectivity index (χ0n) is 15.8. The van der Waals surface area contributed by atoms with E-state index in [9.17, 15) is 0 Å².